The van der Waals surface area contributed by atoms with E-state index in [1.807, 2.05) is 6.92 Å². The first kappa shape index (κ1) is 17.6. The van der Waals surface area contributed by atoms with Crippen molar-refractivity contribution in [3.05, 3.63) is 34.1 Å². The van der Waals surface area contributed by atoms with Crippen LogP contribution in [-0.4, -0.2) is 32.0 Å². The van der Waals surface area contributed by atoms with Gasteiger partial charge in [-0.3, -0.25) is 0 Å². The lowest BCUT2D eigenvalue weighted by Crippen LogP contribution is -2.52. The Kier molecular flexibility index (Phi) is 5.75. The summed E-state index contributed by atoms with van der Waals surface area (Å²) in [4.78, 5) is 0. The molecule has 0 amide bonds. The van der Waals surface area contributed by atoms with Crippen molar-refractivity contribution in [2.75, 3.05) is 12.8 Å². The van der Waals surface area contributed by atoms with Crippen molar-refractivity contribution in [3.63, 3.8) is 0 Å². The van der Waals surface area contributed by atoms with E-state index >= 15 is 0 Å². The van der Waals surface area contributed by atoms with Crippen LogP contribution in [0.3, 0.4) is 0 Å². The van der Waals surface area contributed by atoms with Gasteiger partial charge in [-0.05, 0) is 44.5 Å². The molecule has 6 heteroatoms. The van der Waals surface area contributed by atoms with Crippen LogP contribution in [-0.2, 0) is 16.3 Å². The summed E-state index contributed by atoms with van der Waals surface area (Å²) in [7, 11) is -3.26. The molecule has 0 aliphatic carbocycles. The van der Waals surface area contributed by atoms with Crippen LogP contribution in [0, 0.1) is 5.82 Å². The molecule has 0 saturated carbocycles. The molecular weight excluding hydrogens is 345 g/mol. The van der Waals surface area contributed by atoms with Gasteiger partial charge in [0.2, 0.25) is 0 Å². The lowest BCUT2D eigenvalue weighted by molar-refractivity contribution is 0.408. The van der Waals surface area contributed by atoms with Gasteiger partial charge in [-0.1, -0.05) is 28.9 Å². The molecule has 1 unspecified atom stereocenters. The van der Waals surface area contributed by atoms with Crippen LogP contribution in [0.2, 0.25) is 0 Å². The SMILES string of the molecule is CCNC(Cc1ccc(Br)cc1F)C(C)(C)S(C)(=O)=O. The van der Waals surface area contributed by atoms with E-state index in [2.05, 4.69) is 21.2 Å². The highest BCUT2D eigenvalue weighted by Gasteiger charge is 2.38. The van der Waals surface area contributed by atoms with Crippen molar-refractivity contribution in [2.45, 2.75) is 38.0 Å². The lowest BCUT2D eigenvalue weighted by atomic mass is 9.95. The molecule has 0 aromatic heterocycles. The Morgan fingerprint density at radius 2 is 2.00 bits per heavy atom. The van der Waals surface area contributed by atoms with Crippen LogP contribution in [0.1, 0.15) is 26.3 Å². The Hall–Kier alpha value is -0.460. The van der Waals surface area contributed by atoms with Gasteiger partial charge < -0.3 is 5.32 Å². The third-order valence-corrected chi connectivity index (χ3v) is 6.37. The quantitative estimate of drug-likeness (QED) is 0.842. The molecule has 0 aliphatic heterocycles. The molecule has 0 heterocycles. The molecule has 1 atom stereocenters. The van der Waals surface area contributed by atoms with E-state index in [1.165, 1.54) is 12.3 Å². The van der Waals surface area contributed by atoms with E-state index < -0.39 is 14.6 Å². The van der Waals surface area contributed by atoms with Gasteiger partial charge in [-0.15, -0.1) is 0 Å². The van der Waals surface area contributed by atoms with Crippen molar-refractivity contribution in [3.8, 4) is 0 Å². The lowest BCUT2D eigenvalue weighted by Gasteiger charge is -2.33. The van der Waals surface area contributed by atoms with E-state index in [9.17, 15) is 12.8 Å². The van der Waals surface area contributed by atoms with E-state index in [4.69, 9.17) is 0 Å². The molecule has 1 rings (SSSR count). The summed E-state index contributed by atoms with van der Waals surface area (Å²) in [5.74, 6) is -0.327. The van der Waals surface area contributed by atoms with Gasteiger partial charge >= 0.3 is 0 Å². The van der Waals surface area contributed by atoms with E-state index in [-0.39, 0.29) is 11.9 Å². The Morgan fingerprint density at radius 3 is 2.45 bits per heavy atom. The first-order valence-electron chi connectivity index (χ1n) is 6.46. The highest BCUT2D eigenvalue weighted by atomic mass is 79.9. The maximum atomic E-state index is 13.9. The molecule has 0 radical (unpaired) electrons. The predicted molar refractivity (Wildman–Crippen MR) is 84.2 cm³/mol. The Morgan fingerprint density at radius 1 is 1.40 bits per heavy atom. The largest absolute Gasteiger partial charge is 0.312 e. The zero-order valence-corrected chi connectivity index (χ0v) is 14.6. The highest BCUT2D eigenvalue weighted by Crippen LogP contribution is 2.25. The average Bonchev–Trinajstić information content (AvgIpc) is 2.30. The van der Waals surface area contributed by atoms with Crippen molar-refractivity contribution in [1.82, 2.24) is 5.32 Å². The summed E-state index contributed by atoms with van der Waals surface area (Å²) >= 11 is 3.21. The van der Waals surface area contributed by atoms with Crippen LogP contribution < -0.4 is 5.32 Å². The zero-order chi connectivity index (χ0) is 15.6. The molecule has 0 bridgehead atoms. The summed E-state index contributed by atoms with van der Waals surface area (Å²) in [6.45, 7) is 5.88. The molecular formula is C14H21BrFNO2S. The minimum Gasteiger partial charge on any atom is -0.312 e. The second kappa shape index (κ2) is 6.54. The van der Waals surface area contributed by atoms with Crippen LogP contribution in [0.4, 0.5) is 4.39 Å². The number of benzene rings is 1. The summed E-state index contributed by atoms with van der Waals surface area (Å²) < 4.78 is 37.5. The van der Waals surface area contributed by atoms with E-state index in [0.29, 0.717) is 23.0 Å². The van der Waals surface area contributed by atoms with Gasteiger partial charge in [0.1, 0.15) is 5.82 Å². The highest BCUT2D eigenvalue weighted by molar-refractivity contribution is 9.10. The number of likely N-dealkylation sites (N-methyl/N-ethyl adjacent to an activating group) is 1. The molecule has 0 fully saturated rings. The van der Waals surface area contributed by atoms with Crippen molar-refractivity contribution >= 4 is 25.8 Å². The number of hydrogen-bond donors (Lipinski definition) is 1. The predicted octanol–water partition coefficient (Wildman–Crippen LogP) is 2.93. The maximum absolute atomic E-state index is 13.9. The summed E-state index contributed by atoms with van der Waals surface area (Å²) in [5.41, 5.74) is 0.510. The number of halogens is 2. The number of hydrogen-bond acceptors (Lipinski definition) is 3. The maximum Gasteiger partial charge on any atom is 0.154 e. The second-order valence-electron chi connectivity index (χ2n) is 5.43. The van der Waals surface area contributed by atoms with Crippen molar-refractivity contribution in [2.24, 2.45) is 0 Å². The minimum absolute atomic E-state index is 0.326. The fraction of sp³-hybridized carbons (Fsp3) is 0.571. The number of nitrogens with one attached hydrogen (secondary N) is 1. The Bertz CT molecular complexity index is 573. The van der Waals surface area contributed by atoms with Gasteiger partial charge in [0.25, 0.3) is 0 Å². The molecule has 1 aromatic carbocycles. The van der Waals surface area contributed by atoms with Gasteiger partial charge in [0.15, 0.2) is 9.84 Å². The van der Waals surface area contributed by atoms with Crippen LogP contribution >= 0.6 is 15.9 Å². The fourth-order valence-electron chi connectivity index (χ4n) is 1.98. The average molecular weight is 366 g/mol. The molecule has 0 saturated heterocycles. The molecule has 0 spiro atoms. The summed E-state index contributed by atoms with van der Waals surface area (Å²) in [6.07, 6.45) is 1.54. The van der Waals surface area contributed by atoms with Gasteiger partial charge in [-0.2, -0.15) is 0 Å². The third-order valence-electron chi connectivity index (χ3n) is 3.68. The topological polar surface area (TPSA) is 46.2 Å². The first-order chi connectivity index (χ1) is 9.09. The number of rotatable bonds is 6. The second-order valence-corrected chi connectivity index (χ2v) is 8.94. The van der Waals surface area contributed by atoms with Crippen LogP contribution in [0.15, 0.2) is 22.7 Å². The van der Waals surface area contributed by atoms with E-state index in [0.717, 1.165) is 0 Å². The zero-order valence-electron chi connectivity index (χ0n) is 12.2. The van der Waals surface area contributed by atoms with Crippen molar-refractivity contribution < 1.29 is 12.8 Å². The van der Waals surface area contributed by atoms with Crippen LogP contribution in [0.25, 0.3) is 0 Å². The fourth-order valence-corrected chi connectivity index (χ4v) is 2.99. The van der Waals surface area contributed by atoms with Gasteiger partial charge in [0.05, 0.1) is 4.75 Å². The smallest absolute Gasteiger partial charge is 0.154 e. The minimum atomic E-state index is -3.26. The monoisotopic (exact) mass is 365 g/mol. The Balaban J connectivity index is 3.10. The molecule has 114 valence electrons. The third kappa shape index (κ3) is 4.02. The Labute approximate surface area is 129 Å². The van der Waals surface area contributed by atoms with Gasteiger partial charge in [-0.25, -0.2) is 12.8 Å². The van der Waals surface area contributed by atoms with Gasteiger partial charge in [0, 0.05) is 16.8 Å². The summed E-state index contributed by atoms with van der Waals surface area (Å²) in [5, 5.41) is 3.16. The van der Waals surface area contributed by atoms with Crippen molar-refractivity contribution in [1.29, 1.82) is 0 Å². The molecule has 0 aliphatic rings. The number of sulfone groups is 1. The molecule has 3 nitrogen and oxygen atoms in total. The normalized spacial score (nSPS) is 14.3. The van der Waals surface area contributed by atoms with E-state index in [1.54, 1.807) is 26.0 Å². The molecule has 1 aromatic rings. The molecule has 1 N–H and O–H groups in total. The standard InChI is InChI=1S/C14H21BrFNO2S/c1-5-17-13(14(2,3)20(4,18)19)8-10-6-7-11(15)9-12(10)16/h6-7,9,13,17H,5,8H2,1-4H3. The van der Waals surface area contributed by atoms with Crippen LogP contribution in [0.5, 0.6) is 0 Å². The first-order valence-corrected chi connectivity index (χ1v) is 9.15. The summed E-state index contributed by atoms with van der Waals surface area (Å²) in [6, 6.07) is 4.49. The molecule has 20 heavy (non-hydrogen) atoms.